The molecule has 2 aromatic carbocycles. The molecular weight excluding hydrogens is 340 g/mol. The molecule has 1 aromatic heterocycles. The normalized spacial score (nSPS) is 10.9. The van der Waals surface area contributed by atoms with Crippen molar-refractivity contribution in [3.8, 4) is 44.9 Å². The average Bonchev–Trinajstić information content (AvgIpc) is 3.03. The lowest BCUT2D eigenvalue weighted by Gasteiger charge is -2.03. The first kappa shape index (κ1) is 16.5. The molecule has 0 N–H and O–H groups in total. The summed E-state index contributed by atoms with van der Waals surface area (Å²) in [7, 11) is 0. The van der Waals surface area contributed by atoms with E-state index in [1.807, 2.05) is 36.4 Å². The van der Waals surface area contributed by atoms with Crippen molar-refractivity contribution in [2.75, 3.05) is 0 Å². The van der Waals surface area contributed by atoms with Gasteiger partial charge in [-0.15, -0.1) is 0 Å². The van der Waals surface area contributed by atoms with Gasteiger partial charge >= 0.3 is 11.5 Å². The molecule has 0 radical (unpaired) electrons. The molecule has 0 amide bonds. The predicted molar refractivity (Wildman–Crippen MR) is 116 cm³/mol. The molecule has 2 aliphatic carbocycles. The van der Waals surface area contributed by atoms with Crippen molar-refractivity contribution < 1.29 is 4.42 Å². The van der Waals surface area contributed by atoms with Gasteiger partial charge in [-0.25, -0.2) is 4.42 Å². The van der Waals surface area contributed by atoms with Crippen molar-refractivity contribution in [2.45, 2.75) is 0 Å². The Bertz CT molecular complexity index is 1140. The highest BCUT2D eigenvalue weighted by atomic mass is 16.3. The minimum Gasteiger partial charge on any atom is -0.207 e. The highest BCUT2D eigenvalue weighted by molar-refractivity contribution is 5.88. The summed E-state index contributed by atoms with van der Waals surface area (Å²) in [6.45, 7) is 0. The Labute approximate surface area is 164 Å². The zero-order chi connectivity index (χ0) is 18.8. The van der Waals surface area contributed by atoms with Crippen LogP contribution in [0.3, 0.4) is 0 Å². The fourth-order valence-corrected chi connectivity index (χ4v) is 3.61. The lowest BCUT2D eigenvalue weighted by Crippen LogP contribution is -1.86. The van der Waals surface area contributed by atoms with Gasteiger partial charge in [0.1, 0.15) is 0 Å². The second-order valence-corrected chi connectivity index (χ2v) is 6.83. The van der Waals surface area contributed by atoms with E-state index in [4.69, 9.17) is 4.42 Å². The Morgan fingerprint density at radius 3 is 1.39 bits per heavy atom. The van der Waals surface area contributed by atoms with Crippen molar-refractivity contribution >= 4 is 0 Å². The van der Waals surface area contributed by atoms with Gasteiger partial charge in [-0.05, 0) is 41.0 Å². The first-order valence-electron chi connectivity index (χ1n) is 9.46. The maximum absolute atomic E-state index is 6.32. The summed E-state index contributed by atoms with van der Waals surface area (Å²) in [4.78, 5) is 0. The summed E-state index contributed by atoms with van der Waals surface area (Å²) in [5.41, 5.74) is 7.00. The number of hydrogen-bond donors (Lipinski definition) is 0. The highest BCUT2D eigenvalue weighted by Gasteiger charge is 2.22. The molecule has 0 saturated heterocycles. The molecule has 5 rings (SSSR count). The molecule has 132 valence electrons. The molecular formula is C27H19O+. The molecule has 0 fully saturated rings. The highest BCUT2D eigenvalue weighted by Crippen LogP contribution is 2.39. The third kappa shape index (κ3) is 3.08. The van der Waals surface area contributed by atoms with Crippen LogP contribution in [0, 0.1) is 0 Å². The van der Waals surface area contributed by atoms with Crippen LogP contribution in [0.15, 0.2) is 120 Å². The molecule has 0 bridgehead atoms. The van der Waals surface area contributed by atoms with E-state index in [-0.39, 0.29) is 0 Å². The maximum atomic E-state index is 6.32. The summed E-state index contributed by atoms with van der Waals surface area (Å²) < 4.78 is 6.32. The summed E-state index contributed by atoms with van der Waals surface area (Å²) in [6, 6.07) is 39.8. The van der Waals surface area contributed by atoms with E-state index in [1.54, 1.807) is 0 Å². The molecule has 28 heavy (non-hydrogen) atoms. The quantitative estimate of drug-likeness (QED) is 0.301. The van der Waals surface area contributed by atoms with E-state index in [0.29, 0.717) is 0 Å². The van der Waals surface area contributed by atoms with Crippen molar-refractivity contribution in [3.63, 3.8) is 0 Å². The number of rotatable bonds is 3. The lowest BCUT2D eigenvalue weighted by molar-refractivity contribution is 0.582. The van der Waals surface area contributed by atoms with Crippen molar-refractivity contribution in [1.82, 2.24) is 0 Å². The second kappa shape index (κ2) is 7.13. The van der Waals surface area contributed by atoms with E-state index in [2.05, 4.69) is 78.9 Å². The standard InChI is InChI=1S/C27H19O/c1-5-11-21(12-6-1)26-18-23(19-27(28-26)22-13-7-2-8-14-22)25-17-16-20-10-4-3-9-15-24(20)25/h1-19H/q+1. The zero-order valence-electron chi connectivity index (χ0n) is 15.4. The van der Waals surface area contributed by atoms with Gasteiger partial charge in [0.2, 0.25) is 0 Å². The largest absolute Gasteiger partial charge is 0.361 e. The van der Waals surface area contributed by atoms with Gasteiger partial charge in [0.25, 0.3) is 0 Å². The second-order valence-electron chi connectivity index (χ2n) is 6.83. The minimum absolute atomic E-state index is 0.867. The topological polar surface area (TPSA) is 11.3 Å². The van der Waals surface area contributed by atoms with Crippen LogP contribution in [0.2, 0.25) is 0 Å². The minimum atomic E-state index is 0.867. The number of hydrogen-bond acceptors (Lipinski definition) is 0. The van der Waals surface area contributed by atoms with Gasteiger partial charge in [-0.1, -0.05) is 78.9 Å². The van der Waals surface area contributed by atoms with Crippen LogP contribution in [-0.2, 0) is 0 Å². The molecule has 1 nitrogen and oxygen atoms in total. The summed E-state index contributed by atoms with van der Waals surface area (Å²) in [5, 5.41) is 0. The van der Waals surface area contributed by atoms with Gasteiger partial charge in [0, 0.05) is 5.56 Å². The van der Waals surface area contributed by atoms with Crippen molar-refractivity contribution in [3.05, 3.63) is 115 Å². The fourth-order valence-electron chi connectivity index (χ4n) is 3.61. The van der Waals surface area contributed by atoms with Crippen LogP contribution in [0.5, 0.6) is 0 Å². The van der Waals surface area contributed by atoms with E-state index >= 15 is 0 Å². The van der Waals surface area contributed by atoms with Gasteiger partial charge in [0.15, 0.2) is 0 Å². The smallest absolute Gasteiger partial charge is 0.207 e. The average molecular weight is 359 g/mol. The van der Waals surface area contributed by atoms with E-state index in [0.717, 1.165) is 28.2 Å². The van der Waals surface area contributed by atoms with E-state index in [9.17, 15) is 0 Å². The van der Waals surface area contributed by atoms with Gasteiger partial charge in [-0.2, -0.15) is 0 Å². The van der Waals surface area contributed by atoms with Crippen molar-refractivity contribution in [2.24, 2.45) is 0 Å². The number of benzene rings is 2. The Balaban J connectivity index is 1.74. The Kier molecular flexibility index (Phi) is 4.19. The van der Waals surface area contributed by atoms with E-state index < -0.39 is 0 Å². The van der Waals surface area contributed by atoms with Gasteiger partial charge < -0.3 is 0 Å². The first-order valence-corrected chi connectivity index (χ1v) is 9.46. The first-order chi connectivity index (χ1) is 13.9. The van der Waals surface area contributed by atoms with Gasteiger partial charge in [0.05, 0.1) is 23.3 Å². The van der Waals surface area contributed by atoms with Crippen LogP contribution in [0.25, 0.3) is 44.9 Å². The summed E-state index contributed by atoms with van der Waals surface area (Å²) >= 11 is 0. The SMILES string of the molecule is c1ccc(-c2cc(-c3ccc4cccccc3-4)cc(-c3ccccc3)[o+]2)cc1. The molecule has 0 atom stereocenters. The van der Waals surface area contributed by atoms with Crippen LogP contribution >= 0.6 is 0 Å². The van der Waals surface area contributed by atoms with E-state index in [1.165, 1.54) is 16.7 Å². The molecule has 0 aliphatic heterocycles. The molecule has 3 aromatic rings. The molecule has 2 aliphatic rings. The lowest BCUT2D eigenvalue weighted by atomic mass is 10.00. The molecule has 0 saturated carbocycles. The molecule has 1 heterocycles. The Hall–Kier alpha value is -3.71. The molecule has 1 heteroatoms. The zero-order valence-corrected chi connectivity index (χ0v) is 15.4. The predicted octanol–water partition coefficient (Wildman–Crippen LogP) is 7.67. The fraction of sp³-hybridized carbons (Fsp3) is 0. The van der Waals surface area contributed by atoms with Crippen LogP contribution in [0.4, 0.5) is 0 Å². The van der Waals surface area contributed by atoms with Crippen LogP contribution in [-0.4, -0.2) is 0 Å². The monoisotopic (exact) mass is 359 g/mol. The number of fused-ring (bicyclic) bond motifs is 1. The third-order valence-corrected chi connectivity index (χ3v) is 5.01. The third-order valence-electron chi connectivity index (χ3n) is 5.01. The summed E-state index contributed by atoms with van der Waals surface area (Å²) in [5.74, 6) is 1.73. The van der Waals surface area contributed by atoms with Crippen molar-refractivity contribution in [1.29, 1.82) is 0 Å². The maximum Gasteiger partial charge on any atom is 0.361 e. The summed E-state index contributed by atoms with van der Waals surface area (Å²) in [6.07, 6.45) is 0. The Morgan fingerprint density at radius 1 is 0.357 bits per heavy atom. The van der Waals surface area contributed by atoms with Crippen LogP contribution < -0.4 is 0 Å². The van der Waals surface area contributed by atoms with Gasteiger partial charge in [-0.3, -0.25) is 0 Å². The molecule has 0 unspecified atom stereocenters. The van der Waals surface area contributed by atoms with Crippen LogP contribution in [0.1, 0.15) is 0 Å². The molecule has 0 spiro atoms. The Morgan fingerprint density at radius 2 is 0.821 bits per heavy atom.